The second-order valence-corrected chi connectivity index (χ2v) is 6.61. The quantitative estimate of drug-likeness (QED) is 0.836. The number of carbonyl (C=O) groups is 1. The van der Waals surface area contributed by atoms with Crippen molar-refractivity contribution in [1.29, 1.82) is 0 Å². The van der Waals surface area contributed by atoms with Crippen LogP contribution in [0.3, 0.4) is 0 Å². The van der Waals surface area contributed by atoms with Crippen molar-refractivity contribution in [2.75, 3.05) is 0 Å². The molecule has 1 heterocycles. The van der Waals surface area contributed by atoms with Gasteiger partial charge in [0.1, 0.15) is 12.4 Å². The molecule has 1 aromatic carbocycles. The molecule has 3 rings (SSSR count). The molecule has 4 nitrogen and oxygen atoms in total. The van der Waals surface area contributed by atoms with Crippen LogP contribution < -0.4 is 5.56 Å². The summed E-state index contributed by atoms with van der Waals surface area (Å²) in [5.41, 5.74) is 0.724. The van der Waals surface area contributed by atoms with Gasteiger partial charge in [0, 0.05) is 24.8 Å². The molecule has 25 heavy (non-hydrogen) atoms. The van der Waals surface area contributed by atoms with Gasteiger partial charge >= 0.3 is 0 Å². The maximum Gasteiger partial charge on any atom is 0.250 e. The van der Waals surface area contributed by atoms with Gasteiger partial charge in [-0.2, -0.15) is 0 Å². The van der Waals surface area contributed by atoms with Crippen LogP contribution in [-0.2, 0) is 17.9 Å². The number of pyridine rings is 1. The zero-order chi connectivity index (χ0) is 17.6. The van der Waals surface area contributed by atoms with Gasteiger partial charge in [-0.15, -0.1) is 0 Å². The van der Waals surface area contributed by atoms with E-state index >= 15 is 0 Å². The van der Waals surface area contributed by atoms with Crippen molar-refractivity contribution >= 4 is 5.91 Å². The largest absolute Gasteiger partial charge is 0.334 e. The van der Waals surface area contributed by atoms with Crippen LogP contribution in [0.4, 0.5) is 4.39 Å². The van der Waals surface area contributed by atoms with Crippen molar-refractivity contribution in [3.8, 4) is 0 Å². The molecule has 0 unspecified atom stereocenters. The Kier molecular flexibility index (Phi) is 5.64. The van der Waals surface area contributed by atoms with E-state index in [9.17, 15) is 14.0 Å². The molecule has 1 aromatic heterocycles. The molecule has 2 aromatic rings. The molecule has 0 spiro atoms. The van der Waals surface area contributed by atoms with E-state index in [1.807, 2.05) is 4.90 Å². The van der Waals surface area contributed by atoms with E-state index in [4.69, 9.17) is 0 Å². The van der Waals surface area contributed by atoms with Crippen LogP contribution in [0, 0.1) is 5.82 Å². The van der Waals surface area contributed by atoms with Crippen molar-refractivity contribution in [1.82, 2.24) is 9.47 Å². The smallest absolute Gasteiger partial charge is 0.250 e. The summed E-state index contributed by atoms with van der Waals surface area (Å²) in [5.74, 6) is -0.348. The normalized spacial score (nSPS) is 15.1. The standard InChI is InChI=1S/C20H23FN2O2/c21-17-11-9-16(10-12-17)14-23(18-6-2-1-3-7-18)20(25)15-22-13-5-4-8-19(22)24/h4-5,8-13,18H,1-3,6-7,14-15H2. The van der Waals surface area contributed by atoms with E-state index in [2.05, 4.69) is 0 Å². The fraction of sp³-hybridized carbons (Fsp3) is 0.400. The Morgan fingerprint density at radius 3 is 2.48 bits per heavy atom. The summed E-state index contributed by atoms with van der Waals surface area (Å²) in [6, 6.07) is 11.3. The van der Waals surface area contributed by atoms with E-state index in [0.717, 1.165) is 31.2 Å². The second-order valence-electron chi connectivity index (χ2n) is 6.61. The number of benzene rings is 1. The van der Waals surface area contributed by atoms with E-state index < -0.39 is 0 Å². The Bertz CT molecular complexity index is 764. The predicted octanol–water partition coefficient (Wildman–Crippen LogP) is 3.35. The molecule has 5 heteroatoms. The number of hydrogen-bond acceptors (Lipinski definition) is 2. The number of aromatic nitrogens is 1. The van der Waals surface area contributed by atoms with Crippen molar-refractivity contribution in [3.63, 3.8) is 0 Å². The van der Waals surface area contributed by atoms with Crippen LogP contribution in [0.15, 0.2) is 53.5 Å². The lowest BCUT2D eigenvalue weighted by molar-refractivity contribution is -0.135. The summed E-state index contributed by atoms with van der Waals surface area (Å²) in [6.07, 6.45) is 7.03. The minimum absolute atomic E-state index is 0.0391. The Morgan fingerprint density at radius 2 is 1.80 bits per heavy atom. The van der Waals surface area contributed by atoms with E-state index in [1.54, 1.807) is 30.5 Å². The molecule has 132 valence electrons. The summed E-state index contributed by atoms with van der Waals surface area (Å²) in [7, 11) is 0. The van der Waals surface area contributed by atoms with Gasteiger partial charge in [0.25, 0.3) is 5.56 Å². The molecule has 1 aliphatic carbocycles. The van der Waals surface area contributed by atoms with Crippen molar-refractivity contribution < 1.29 is 9.18 Å². The van der Waals surface area contributed by atoms with Crippen LogP contribution in [0.2, 0.25) is 0 Å². The predicted molar refractivity (Wildman–Crippen MR) is 94.5 cm³/mol. The first kappa shape index (κ1) is 17.4. The average molecular weight is 342 g/mol. The molecule has 0 bridgehead atoms. The number of halogens is 1. The Morgan fingerprint density at radius 1 is 1.08 bits per heavy atom. The van der Waals surface area contributed by atoms with Crippen LogP contribution in [-0.4, -0.2) is 21.4 Å². The molecule has 0 N–H and O–H groups in total. The lowest BCUT2D eigenvalue weighted by Crippen LogP contribution is -2.43. The zero-order valence-electron chi connectivity index (χ0n) is 14.2. The molecule has 0 radical (unpaired) electrons. The van der Waals surface area contributed by atoms with Crippen LogP contribution in [0.1, 0.15) is 37.7 Å². The molecular formula is C20H23FN2O2. The Hall–Kier alpha value is -2.43. The maximum atomic E-state index is 13.2. The molecule has 0 aliphatic heterocycles. The van der Waals surface area contributed by atoms with Gasteiger partial charge in [-0.25, -0.2) is 4.39 Å². The van der Waals surface area contributed by atoms with Crippen molar-refractivity contribution in [3.05, 3.63) is 70.4 Å². The molecule has 1 aliphatic rings. The van der Waals surface area contributed by atoms with Gasteiger partial charge in [-0.1, -0.05) is 37.5 Å². The first-order valence-electron chi connectivity index (χ1n) is 8.83. The van der Waals surface area contributed by atoms with Crippen molar-refractivity contribution in [2.24, 2.45) is 0 Å². The highest BCUT2D eigenvalue weighted by Crippen LogP contribution is 2.24. The highest BCUT2D eigenvalue weighted by atomic mass is 19.1. The SMILES string of the molecule is O=C(Cn1ccccc1=O)N(Cc1ccc(F)cc1)C1CCCCC1. The minimum Gasteiger partial charge on any atom is -0.334 e. The lowest BCUT2D eigenvalue weighted by atomic mass is 9.93. The molecule has 1 amide bonds. The zero-order valence-corrected chi connectivity index (χ0v) is 14.2. The average Bonchev–Trinajstić information content (AvgIpc) is 2.64. The third-order valence-corrected chi connectivity index (χ3v) is 4.81. The minimum atomic E-state index is -0.282. The second kappa shape index (κ2) is 8.10. The summed E-state index contributed by atoms with van der Waals surface area (Å²) >= 11 is 0. The summed E-state index contributed by atoms with van der Waals surface area (Å²) in [6.45, 7) is 0.489. The van der Waals surface area contributed by atoms with E-state index in [-0.39, 0.29) is 29.9 Å². The highest BCUT2D eigenvalue weighted by molar-refractivity contribution is 5.76. The summed E-state index contributed by atoms with van der Waals surface area (Å²) in [5, 5.41) is 0. The molecule has 0 atom stereocenters. The Labute approximate surface area is 146 Å². The molecule has 1 saturated carbocycles. The van der Waals surface area contributed by atoms with Gasteiger partial charge in [0.05, 0.1) is 0 Å². The highest BCUT2D eigenvalue weighted by Gasteiger charge is 2.25. The number of rotatable bonds is 5. The van der Waals surface area contributed by atoms with Gasteiger partial charge in [0.15, 0.2) is 0 Å². The number of nitrogens with zero attached hydrogens (tertiary/aromatic N) is 2. The number of carbonyl (C=O) groups excluding carboxylic acids is 1. The molecular weight excluding hydrogens is 319 g/mol. The van der Waals surface area contributed by atoms with Crippen LogP contribution >= 0.6 is 0 Å². The van der Waals surface area contributed by atoms with Gasteiger partial charge in [-0.05, 0) is 36.6 Å². The van der Waals surface area contributed by atoms with Gasteiger partial charge in [0.2, 0.25) is 5.91 Å². The van der Waals surface area contributed by atoms with Crippen LogP contribution in [0.25, 0.3) is 0 Å². The third kappa shape index (κ3) is 4.56. The van der Waals surface area contributed by atoms with E-state index in [1.165, 1.54) is 29.2 Å². The summed E-state index contributed by atoms with van der Waals surface area (Å²) < 4.78 is 14.6. The monoisotopic (exact) mass is 342 g/mol. The maximum absolute atomic E-state index is 13.2. The fourth-order valence-corrected chi connectivity index (χ4v) is 3.43. The molecule has 0 saturated heterocycles. The Balaban J connectivity index is 1.79. The fourth-order valence-electron chi connectivity index (χ4n) is 3.43. The lowest BCUT2D eigenvalue weighted by Gasteiger charge is -2.34. The van der Waals surface area contributed by atoms with Crippen molar-refractivity contribution in [2.45, 2.75) is 51.2 Å². The molecule has 1 fully saturated rings. The van der Waals surface area contributed by atoms with E-state index in [0.29, 0.717) is 6.54 Å². The van der Waals surface area contributed by atoms with Gasteiger partial charge < -0.3 is 9.47 Å². The van der Waals surface area contributed by atoms with Gasteiger partial charge in [-0.3, -0.25) is 9.59 Å². The van der Waals surface area contributed by atoms with Crippen LogP contribution in [0.5, 0.6) is 0 Å². The first-order chi connectivity index (χ1) is 12.1. The third-order valence-electron chi connectivity index (χ3n) is 4.81. The topological polar surface area (TPSA) is 42.3 Å². The number of hydrogen-bond donors (Lipinski definition) is 0. The number of amides is 1. The first-order valence-corrected chi connectivity index (χ1v) is 8.83. The summed E-state index contributed by atoms with van der Waals surface area (Å²) in [4.78, 5) is 26.7.